The minimum Gasteiger partial charge on any atom is -0.540 e. The van der Waals surface area contributed by atoms with E-state index in [4.69, 9.17) is 4.42 Å². The minimum absolute atomic E-state index is 0. The maximum absolute atomic E-state index is 10.5. The molecule has 2 aromatic rings. The Hall–Kier alpha value is -0.620. The Labute approximate surface area is 122 Å². The third kappa shape index (κ3) is 2.74. The SMILES string of the molecule is O=C([O-])c1ncc(-c2ccccc2Br)o1.[Na+]. The molecule has 0 spiro atoms. The first-order valence-electron chi connectivity index (χ1n) is 4.10. The Balaban J connectivity index is 0.00000128. The number of aromatic nitrogens is 1. The van der Waals surface area contributed by atoms with Gasteiger partial charge >= 0.3 is 29.6 Å². The van der Waals surface area contributed by atoms with Gasteiger partial charge in [0.15, 0.2) is 5.76 Å². The summed E-state index contributed by atoms with van der Waals surface area (Å²) in [6.45, 7) is 0. The van der Waals surface area contributed by atoms with Crippen LogP contribution in [-0.4, -0.2) is 11.0 Å². The number of nitrogens with zero attached hydrogens (tertiary/aromatic N) is 1. The normalized spacial score (nSPS) is 9.56. The molecule has 16 heavy (non-hydrogen) atoms. The van der Waals surface area contributed by atoms with E-state index in [1.807, 2.05) is 18.2 Å². The molecule has 2 rings (SSSR count). The summed E-state index contributed by atoms with van der Waals surface area (Å²) in [7, 11) is 0. The number of carboxylic acids is 1. The molecule has 0 saturated carbocycles. The van der Waals surface area contributed by atoms with Crippen LogP contribution in [0.4, 0.5) is 0 Å². The molecule has 6 heteroatoms. The standard InChI is InChI=1S/C10H6BrNO3.Na/c11-7-4-2-1-3-6(7)8-5-12-9(15-8)10(13)14;/h1-5H,(H,13,14);/q;+1/p-1. The van der Waals surface area contributed by atoms with Crippen molar-refractivity contribution in [3.63, 3.8) is 0 Å². The molecule has 0 unspecified atom stereocenters. The van der Waals surface area contributed by atoms with E-state index >= 15 is 0 Å². The van der Waals surface area contributed by atoms with Crippen molar-refractivity contribution in [1.29, 1.82) is 0 Å². The summed E-state index contributed by atoms with van der Waals surface area (Å²) >= 11 is 3.33. The summed E-state index contributed by atoms with van der Waals surface area (Å²) in [5.74, 6) is -1.45. The molecule has 4 nitrogen and oxygen atoms in total. The van der Waals surface area contributed by atoms with E-state index in [9.17, 15) is 9.90 Å². The molecule has 0 bridgehead atoms. The monoisotopic (exact) mass is 289 g/mol. The summed E-state index contributed by atoms with van der Waals surface area (Å²) in [6, 6.07) is 7.30. The van der Waals surface area contributed by atoms with Crippen molar-refractivity contribution >= 4 is 21.9 Å². The van der Waals surface area contributed by atoms with E-state index in [0.717, 1.165) is 10.0 Å². The Morgan fingerprint density at radius 2 is 2.06 bits per heavy atom. The molecule has 0 fully saturated rings. The molecule has 0 saturated heterocycles. The van der Waals surface area contributed by atoms with Crippen LogP contribution in [0.1, 0.15) is 10.7 Å². The van der Waals surface area contributed by atoms with Crippen LogP contribution in [0.2, 0.25) is 0 Å². The Morgan fingerprint density at radius 3 is 2.62 bits per heavy atom. The predicted octanol–water partition coefficient (Wildman–Crippen LogP) is -1.53. The first-order valence-corrected chi connectivity index (χ1v) is 4.90. The molecule has 0 aliphatic carbocycles. The van der Waals surface area contributed by atoms with Crippen LogP contribution in [0.3, 0.4) is 0 Å². The largest absolute Gasteiger partial charge is 1.00 e. The second-order valence-electron chi connectivity index (χ2n) is 2.80. The van der Waals surface area contributed by atoms with Gasteiger partial charge in [-0.05, 0) is 6.07 Å². The second-order valence-corrected chi connectivity index (χ2v) is 3.65. The number of oxazole rings is 1. The van der Waals surface area contributed by atoms with Crippen molar-refractivity contribution in [3.8, 4) is 11.3 Å². The van der Waals surface area contributed by atoms with Gasteiger partial charge in [0.2, 0.25) is 5.89 Å². The third-order valence-electron chi connectivity index (χ3n) is 1.82. The van der Waals surface area contributed by atoms with Gasteiger partial charge < -0.3 is 14.3 Å². The van der Waals surface area contributed by atoms with Crippen molar-refractivity contribution in [1.82, 2.24) is 4.98 Å². The summed E-state index contributed by atoms with van der Waals surface area (Å²) in [4.78, 5) is 14.0. The molecule has 1 heterocycles. The van der Waals surface area contributed by atoms with Crippen molar-refractivity contribution in [2.45, 2.75) is 0 Å². The Morgan fingerprint density at radius 1 is 1.38 bits per heavy atom. The fourth-order valence-electron chi connectivity index (χ4n) is 1.15. The molecular formula is C10H5BrNNaO3. The molecule has 1 aromatic heterocycles. The van der Waals surface area contributed by atoms with Crippen LogP contribution in [0, 0.1) is 0 Å². The second kappa shape index (κ2) is 5.63. The van der Waals surface area contributed by atoms with Gasteiger partial charge in [0.1, 0.15) is 5.97 Å². The van der Waals surface area contributed by atoms with Gasteiger partial charge in [0.05, 0.1) is 6.20 Å². The van der Waals surface area contributed by atoms with E-state index in [1.165, 1.54) is 6.20 Å². The number of benzene rings is 1. The Bertz CT molecular complexity index is 512. The molecule has 76 valence electrons. The van der Waals surface area contributed by atoms with Crippen LogP contribution in [0.5, 0.6) is 0 Å². The minimum atomic E-state index is -1.42. The van der Waals surface area contributed by atoms with Gasteiger partial charge in [-0.25, -0.2) is 4.98 Å². The zero-order valence-corrected chi connectivity index (χ0v) is 12.0. The van der Waals surface area contributed by atoms with Crippen molar-refractivity contribution < 1.29 is 43.9 Å². The molecule has 0 N–H and O–H groups in total. The maximum atomic E-state index is 10.5. The van der Waals surface area contributed by atoms with E-state index in [1.54, 1.807) is 6.07 Å². The number of rotatable bonds is 2. The average Bonchev–Trinajstić information content (AvgIpc) is 2.67. The topological polar surface area (TPSA) is 66.2 Å². The van der Waals surface area contributed by atoms with E-state index < -0.39 is 11.9 Å². The van der Waals surface area contributed by atoms with E-state index in [2.05, 4.69) is 20.9 Å². The fourth-order valence-corrected chi connectivity index (χ4v) is 1.63. The number of hydrogen-bond acceptors (Lipinski definition) is 4. The van der Waals surface area contributed by atoms with Gasteiger partial charge in [0.25, 0.3) is 0 Å². The van der Waals surface area contributed by atoms with Crippen LogP contribution in [0.15, 0.2) is 39.4 Å². The van der Waals surface area contributed by atoms with Gasteiger partial charge in [-0.3, -0.25) is 0 Å². The maximum Gasteiger partial charge on any atom is 1.00 e. The van der Waals surface area contributed by atoms with E-state index in [0.29, 0.717) is 5.76 Å². The molecule has 0 radical (unpaired) electrons. The zero-order valence-electron chi connectivity index (χ0n) is 8.44. The first-order chi connectivity index (χ1) is 7.18. The summed E-state index contributed by atoms with van der Waals surface area (Å²) in [5.41, 5.74) is 0.748. The van der Waals surface area contributed by atoms with Crippen LogP contribution in [0.25, 0.3) is 11.3 Å². The first kappa shape index (κ1) is 13.4. The van der Waals surface area contributed by atoms with Crippen LogP contribution >= 0.6 is 15.9 Å². The predicted molar refractivity (Wildman–Crippen MR) is 54.0 cm³/mol. The summed E-state index contributed by atoms with van der Waals surface area (Å²) < 4.78 is 5.82. The zero-order chi connectivity index (χ0) is 10.8. The molecular weight excluding hydrogens is 285 g/mol. The Kier molecular flexibility index (Phi) is 4.73. The van der Waals surface area contributed by atoms with Crippen molar-refractivity contribution in [2.24, 2.45) is 0 Å². The van der Waals surface area contributed by atoms with Gasteiger partial charge in [-0.2, -0.15) is 0 Å². The van der Waals surface area contributed by atoms with Gasteiger partial charge in [-0.15, -0.1) is 0 Å². The van der Waals surface area contributed by atoms with Gasteiger partial charge in [0, 0.05) is 10.0 Å². The quantitative estimate of drug-likeness (QED) is 0.630. The van der Waals surface area contributed by atoms with E-state index in [-0.39, 0.29) is 29.6 Å². The number of carboxylic acid groups (broad SMARTS) is 1. The average molecular weight is 290 g/mol. The molecule has 0 aliphatic rings. The molecule has 1 aromatic carbocycles. The number of halogens is 1. The van der Waals surface area contributed by atoms with Crippen molar-refractivity contribution in [3.05, 3.63) is 40.8 Å². The van der Waals surface area contributed by atoms with Crippen LogP contribution < -0.4 is 34.7 Å². The summed E-state index contributed by atoms with van der Waals surface area (Å²) in [6.07, 6.45) is 1.35. The molecule has 0 amide bonds. The fraction of sp³-hybridized carbons (Fsp3) is 0. The molecule has 0 aliphatic heterocycles. The smallest absolute Gasteiger partial charge is 0.540 e. The summed E-state index contributed by atoms with van der Waals surface area (Å²) in [5, 5.41) is 10.5. The van der Waals surface area contributed by atoms with Crippen molar-refractivity contribution in [2.75, 3.05) is 0 Å². The number of carbonyl (C=O) groups excluding carboxylic acids is 1. The number of hydrogen-bond donors (Lipinski definition) is 0. The van der Waals surface area contributed by atoms with Gasteiger partial charge in [-0.1, -0.05) is 34.1 Å². The number of carbonyl (C=O) groups is 1. The molecule has 0 atom stereocenters. The third-order valence-corrected chi connectivity index (χ3v) is 2.51. The van der Waals surface area contributed by atoms with Crippen LogP contribution in [-0.2, 0) is 0 Å². The number of aromatic carboxylic acids is 1.